The van der Waals surface area contributed by atoms with Crippen molar-refractivity contribution in [3.8, 4) is 11.4 Å². The molecule has 0 aliphatic carbocycles. The summed E-state index contributed by atoms with van der Waals surface area (Å²) in [4.78, 5) is 41.5. The van der Waals surface area contributed by atoms with Crippen molar-refractivity contribution in [2.24, 2.45) is 5.92 Å². The first-order valence-electron chi connectivity index (χ1n) is 11.3. The topological polar surface area (TPSA) is 138 Å². The highest BCUT2D eigenvalue weighted by Crippen LogP contribution is 2.44. The second-order valence-corrected chi connectivity index (χ2v) is 11.4. The Morgan fingerprint density at radius 2 is 2.05 bits per heavy atom. The second-order valence-electron chi connectivity index (χ2n) is 8.53. The van der Waals surface area contributed by atoms with Crippen molar-refractivity contribution in [2.45, 2.75) is 55.5 Å². The van der Waals surface area contributed by atoms with Crippen LogP contribution >= 0.6 is 39.0 Å². The molecular weight excluding hydrogens is 631 g/mol. The maximum absolute atomic E-state index is 13.2. The number of rotatable bonds is 7. The van der Waals surface area contributed by atoms with Crippen LogP contribution in [0.4, 0.5) is 13.2 Å². The number of pyridine rings is 1. The molecule has 3 aromatic rings. The summed E-state index contributed by atoms with van der Waals surface area (Å²) < 4.78 is 57.8. The van der Waals surface area contributed by atoms with Gasteiger partial charge in [-0.1, -0.05) is 35.2 Å². The largest absolute Gasteiger partial charge is 0.463 e. The minimum Gasteiger partial charge on any atom is -0.463 e. The lowest BCUT2D eigenvalue weighted by atomic mass is 9.89. The number of esters is 2. The number of thiazole rings is 1. The van der Waals surface area contributed by atoms with Gasteiger partial charge in [-0.2, -0.15) is 13.2 Å². The van der Waals surface area contributed by atoms with Gasteiger partial charge in [-0.3, -0.25) is 14.4 Å². The normalized spacial score (nSPS) is 23.4. The fraction of sp³-hybridized carbons (Fsp3) is 0.455. The summed E-state index contributed by atoms with van der Waals surface area (Å²) in [6.45, 7) is 4.12. The predicted molar refractivity (Wildman–Crippen MR) is 136 cm³/mol. The zero-order valence-corrected chi connectivity index (χ0v) is 23.7. The molecule has 0 spiro atoms. The molecule has 0 radical (unpaired) electrons. The molecule has 0 aromatic carbocycles. The molecule has 1 N–H and O–H groups in total. The summed E-state index contributed by atoms with van der Waals surface area (Å²) in [5, 5.41) is 9.92. The first-order chi connectivity index (χ1) is 18.3. The zero-order valence-electron chi connectivity index (χ0n) is 20.5. The van der Waals surface area contributed by atoms with Crippen molar-refractivity contribution in [3.05, 3.63) is 43.7 Å². The van der Waals surface area contributed by atoms with Gasteiger partial charge in [0.2, 0.25) is 0 Å². The lowest BCUT2D eigenvalue weighted by Crippen LogP contribution is -2.52. The van der Waals surface area contributed by atoms with E-state index in [2.05, 4.69) is 36.2 Å². The molecule has 4 rings (SSSR count). The maximum Gasteiger partial charge on any atom is 0.434 e. The van der Waals surface area contributed by atoms with Gasteiger partial charge in [-0.05, 0) is 22.0 Å². The van der Waals surface area contributed by atoms with Crippen LogP contribution in [0.5, 0.6) is 0 Å². The van der Waals surface area contributed by atoms with Crippen LogP contribution in [0, 0.1) is 5.92 Å². The third-order valence-corrected chi connectivity index (χ3v) is 8.12. The number of alkyl halides is 3. The second kappa shape index (κ2) is 11.8. The Morgan fingerprint density at radius 1 is 1.31 bits per heavy atom. The SMILES string of the molecule is CC(=O)OCC1O[C@H](Sc2cnc(C(F)(F)F)c(Br)c2)[C@@H](OC(C)=O)C(n2cc(-c3csc(=O)[nH]3)nn2)[C@H]1C. The molecule has 0 saturated carbocycles. The van der Waals surface area contributed by atoms with E-state index in [1.807, 2.05) is 0 Å². The summed E-state index contributed by atoms with van der Waals surface area (Å²) in [6, 6.07) is 0.543. The summed E-state index contributed by atoms with van der Waals surface area (Å²) in [5.74, 6) is -1.60. The Labute approximate surface area is 235 Å². The molecule has 1 aliphatic heterocycles. The molecule has 4 heterocycles. The highest BCUT2D eigenvalue weighted by atomic mass is 79.9. The number of aromatic nitrogens is 5. The van der Waals surface area contributed by atoms with Gasteiger partial charge in [0.25, 0.3) is 0 Å². The number of hydrogen-bond acceptors (Lipinski definition) is 11. The average Bonchev–Trinajstić information content (AvgIpc) is 3.48. The van der Waals surface area contributed by atoms with Crippen molar-refractivity contribution in [2.75, 3.05) is 6.61 Å². The number of carbonyl (C=O) groups excluding carboxylic acids is 2. The van der Waals surface area contributed by atoms with Gasteiger partial charge in [0.15, 0.2) is 11.8 Å². The van der Waals surface area contributed by atoms with E-state index in [1.165, 1.54) is 24.6 Å². The van der Waals surface area contributed by atoms with Gasteiger partial charge in [-0.25, -0.2) is 9.67 Å². The lowest BCUT2D eigenvalue weighted by Gasteiger charge is -2.44. The quantitative estimate of drug-likeness (QED) is 0.372. The molecule has 0 amide bonds. The number of nitrogens with one attached hydrogen (secondary N) is 1. The van der Waals surface area contributed by atoms with Crippen LogP contribution in [0.3, 0.4) is 0 Å². The molecule has 1 saturated heterocycles. The molecule has 3 aromatic heterocycles. The number of ether oxygens (including phenoxy) is 3. The summed E-state index contributed by atoms with van der Waals surface area (Å²) >= 11 is 4.86. The smallest absolute Gasteiger partial charge is 0.434 e. The molecule has 1 aliphatic rings. The standard InChI is InChI=1S/C22H21BrF3N5O6S2/c1-9-16(7-35-10(2)32)37-20(39-12-4-13(23)19(27-5-12)22(24,25)26)18(36-11(3)33)17(9)31-6-14(29-30-31)15-8-38-21(34)28-15/h4-6,8-9,16-18,20H,7H2,1-3H3,(H,28,34)/t9-,16?,17?,18-,20+/m0/s1. The zero-order chi connectivity index (χ0) is 28.5. The van der Waals surface area contributed by atoms with Gasteiger partial charge in [0, 0.05) is 40.7 Å². The molecule has 17 heteroatoms. The molecule has 210 valence electrons. The molecule has 39 heavy (non-hydrogen) atoms. The van der Waals surface area contributed by atoms with Crippen LogP contribution in [0.25, 0.3) is 11.4 Å². The number of halogens is 4. The van der Waals surface area contributed by atoms with Gasteiger partial charge in [-0.15, -0.1) is 5.10 Å². The molecule has 1 fully saturated rings. The van der Waals surface area contributed by atoms with Crippen LogP contribution in [-0.4, -0.2) is 61.2 Å². The average molecular weight is 652 g/mol. The molecule has 11 nitrogen and oxygen atoms in total. The minimum atomic E-state index is -4.66. The number of thioether (sulfide) groups is 1. The van der Waals surface area contributed by atoms with E-state index in [0.717, 1.165) is 29.3 Å². The number of hydrogen-bond donors (Lipinski definition) is 1. The van der Waals surface area contributed by atoms with Crippen molar-refractivity contribution >= 4 is 51.0 Å². The summed E-state index contributed by atoms with van der Waals surface area (Å²) in [7, 11) is 0. The van der Waals surface area contributed by atoms with E-state index < -0.39 is 53.4 Å². The van der Waals surface area contributed by atoms with Crippen molar-refractivity contribution in [1.29, 1.82) is 0 Å². The van der Waals surface area contributed by atoms with Crippen LogP contribution in [-0.2, 0) is 30.0 Å². The fourth-order valence-corrected chi connectivity index (χ4v) is 6.44. The van der Waals surface area contributed by atoms with Crippen LogP contribution in [0.1, 0.15) is 32.5 Å². The van der Waals surface area contributed by atoms with Crippen molar-refractivity contribution in [3.63, 3.8) is 0 Å². The fourth-order valence-electron chi connectivity index (χ4n) is 4.03. The molecular formula is C22H21BrF3N5O6S2. The Kier molecular flexibility index (Phi) is 8.82. The van der Waals surface area contributed by atoms with Crippen LogP contribution in [0.2, 0.25) is 0 Å². The number of carbonyl (C=O) groups is 2. The molecule has 2 unspecified atom stereocenters. The highest BCUT2D eigenvalue weighted by molar-refractivity contribution is 9.10. The Hall–Kier alpha value is -2.76. The van der Waals surface area contributed by atoms with Crippen molar-refractivity contribution < 1.29 is 37.0 Å². The third kappa shape index (κ3) is 6.88. The first-order valence-corrected chi connectivity index (χ1v) is 13.8. The van der Waals surface area contributed by atoms with Crippen LogP contribution < -0.4 is 4.87 Å². The molecule has 5 atom stereocenters. The Bertz CT molecular complexity index is 1410. The number of nitrogens with zero attached hydrogens (tertiary/aromatic N) is 4. The number of aromatic amines is 1. The van der Waals surface area contributed by atoms with E-state index in [0.29, 0.717) is 16.3 Å². The molecule has 0 bridgehead atoms. The minimum absolute atomic E-state index is 0.134. The van der Waals surface area contributed by atoms with Gasteiger partial charge in [0.05, 0.1) is 24.0 Å². The van der Waals surface area contributed by atoms with Crippen LogP contribution in [0.15, 0.2) is 38.0 Å². The third-order valence-electron chi connectivity index (χ3n) is 5.74. The lowest BCUT2D eigenvalue weighted by molar-refractivity contribution is -0.185. The van der Waals surface area contributed by atoms with E-state index in [9.17, 15) is 27.6 Å². The van der Waals surface area contributed by atoms with Gasteiger partial charge < -0.3 is 19.2 Å². The van der Waals surface area contributed by atoms with Crippen molar-refractivity contribution in [1.82, 2.24) is 25.0 Å². The Balaban J connectivity index is 1.72. The summed E-state index contributed by atoms with van der Waals surface area (Å²) in [6.07, 6.45) is -3.74. The first kappa shape index (κ1) is 29.2. The van der Waals surface area contributed by atoms with Gasteiger partial charge in [0.1, 0.15) is 17.7 Å². The monoisotopic (exact) mass is 651 g/mol. The maximum atomic E-state index is 13.2. The van der Waals surface area contributed by atoms with E-state index in [-0.39, 0.29) is 16.0 Å². The van der Waals surface area contributed by atoms with E-state index in [4.69, 9.17) is 14.2 Å². The predicted octanol–water partition coefficient (Wildman–Crippen LogP) is 4.06. The highest BCUT2D eigenvalue weighted by Gasteiger charge is 2.48. The Morgan fingerprint density at radius 3 is 2.64 bits per heavy atom. The number of H-pyrrole nitrogens is 1. The van der Waals surface area contributed by atoms with Gasteiger partial charge >= 0.3 is 23.0 Å². The van der Waals surface area contributed by atoms with E-state index in [1.54, 1.807) is 18.5 Å². The van der Waals surface area contributed by atoms with E-state index >= 15 is 0 Å². The summed E-state index contributed by atoms with van der Waals surface area (Å²) in [5.41, 5.74) is -1.24.